The lowest BCUT2D eigenvalue weighted by Crippen LogP contribution is -2.21. The lowest BCUT2D eigenvalue weighted by Gasteiger charge is -2.11. The number of fused-ring (bicyclic) bond motifs is 1. The normalized spacial score (nSPS) is 11.0. The molecule has 6 heteroatoms. The summed E-state index contributed by atoms with van der Waals surface area (Å²) in [5.74, 6) is 0.201. The molecule has 2 aromatic heterocycles. The Morgan fingerprint density at radius 3 is 2.19 bits per heavy atom. The Morgan fingerprint density at radius 1 is 0.875 bits per heavy atom. The first-order chi connectivity index (χ1) is 15.7. The van der Waals surface area contributed by atoms with Crippen LogP contribution in [0.3, 0.4) is 0 Å². The van der Waals surface area contributed by atoms with Gasteiger partial charge in [-0.1, -0.05) is 90.6 Å². The molecule has 2 heterocycles. The van der Waals surface area contributed by atoms with Gasteiger partial charge in [-0.25, -0.2) is 4.98 Å². The van der Waals surface area contributed by atoms with Crippen molar-refractivity contribution < 1.29 is 4.79 Å². The van der Waals surface area contributed by atoms with Crippen molar-refractivity contribution in [2.75, 3.05) is 5.75 Å². The van der Waals surface area contributed by atoms with Crippen LogP contribution in [0.4, 0.5) is 0 Å². The van der Waals surface area contributed by atoms with Crippen molar-refractivity contribution in [3.63, 3.8) is 0 Å². The Kier molecular flexibility index (Phi) is 5.71. The molecule has 0 saturated heterocycles. The second-order valence-corrected chi connectivity index (χ2v) is 9.12. The molecule has 0 spiro atoms. The van der Waals surface area contributed by atoms with Crippen LogP contribution < -0.4 is 5.56 Å². The summed E-state index contributed by atoms with van der Waals surface area (Å²) in [5.41, 5.74) is 2.30. The van der Waals surface area contributed by atoms with E-state index in [1.54, 1.807) is 16.7 Å². The molecule has 5 aromatic rings. The SMILES string of the molecule is O=C(CSc1nc2sc(-c3ccccc3)cc2c(=O)n1-c1ccccc1)c1ccccc1. The van der Waals surface area contributed by atoms with Crippen molar-refractivity contribution in [2.24, 2.45) is 0 Å². The van der Waals surface area contributed by atoms with Gasteiger partial charge in [0.25, 0.3) is 5.56 Å². The van der Waals surface area contributed by atoms with E-state index >= 15 is 0 Å². The number of Topliss-reactive ketones (excluding diaryl/α,β-unsaturated/α-hetero) is 1. The summed E-state index contributed by atoms with van der Waals surface area (Å²) < 4.78 is 1.60. The summed E-state index contributed by atoms with van der Waals surface area (Å²) in [7, 11) is 0. The number of ketones is 1. The van der Waals surface area contributed by atoms with Gasteiger partial charge in [0, 0.05) is 10.4 Å². The van der Waals surface area contributed by atoms with Gasteiger partial charge in [0.05, 0.1) is 16.8 Å². The van der Waals surface area contributed by atoms with E-state index < -0.39 is 0 Å². The van der Waals surface area contributed by atoms with E-state index in [4.69, 9.17) is 4.98 Å². The fraction of sp³-hybridized carbons (Fsp3) is 0.0385. The van der Waals surface area contributed by atoms with E-state index in [0.29, 0.717) is 20.9 Å². The Balaban J connectivity index is 1.60. The number of hydrogen-bond donors (Lipinski definition) is 0. The standard InChI is InChI=1S/C26H18N2O2S2/c29-22(18-10-4-1-5-11-18)17-31-26-27-24-21(16-23(32-24)19-12-6-2-7-13-19)25(30)28(26)20-14-8-3-9-15-20/h1-16H,17H2. The van der Waals surface area contributed by atoms with Crippen LogP contribution in [-0.2, 0) is 0 Å². The maximum absolute atomic E-state index is 13.5. The molecule has 0 saturated carbocycles. The molecule has 0 aliphatic heterocycles. The van der Waals surface area contributed by atoms with E-state index in [1.165, 1.54) is 23.1 Å². The molecule has 0 bridgehead atoms. The zero-order valence-electron chi connectivity index (χ0n) is 17.0. The van der Waals surface area contributed by atoms with Crippen LogP contribution in [-0.4, -0.2) is 21.1 Å². The molecule has 0 aliphatic carbocycles. The third kappa shape index (κ3) is 4.02. The number of aromatic nitrogens is 2. The van der Waals surface area contributed by atoms with Crippen LogP contribution in [0, 0.1) is 0 Å². The van der Waals surface area contributed by atoms with Gasteiger partial charge >= 0.3 is 0 Å². The zero-order chi connectivity index (χ0) is 21.9. The molecule has 4 nitrogen and oxygen atoms in total. The van der Waals surface area contributed by atoms with Gasteiger partial charge in [-0.3, -0.25) is 14.2 Å². The second-order valence-electron chi connectivity index (χ2n) is 7.14. The van der Waals surface area contributed by atoms with Crippen molar-refractivity contribution in [3.05, 3.63) is 113 Å². The Bertz CT molecular complexity index is 1440. The highest BCUT2D eigenvalue weighted by atomic mass is 32.2. The van der Waals surface area contributed by atoms with Crippen LogP contribution in [0.15, 0.2) is 107 Å². The number of rotatable bonds is 6. The number of nitrogens with zero attached hydrogens (tertiary/aromatic N) is 2. The topological polar surface area (TPSA) is 52.0 Å². The van der Waals surface area contributed by atoms with E-state index in [9.17, 15) is 9.59 Å². The summed E-state index contributed by atoms with van der Waals surface area (Å²) in [6.07, 6.45) is 0. The van der Waals surface area contributed by atoms with Gasteiger partial charge in [0.2, 0.25) is 0 Å². The van der Waals surface area contributed by atoms with Gasteiger partial charge < -0.3 is 0 Å². The number of benzene rings is 3. The predicted octanol–water partition coefficient (Wildman–Crippen LogP) is 6.09. The summed E-state index contributed by atoms with van der Waals surface area (Å²) in [4.78, 5) is 32.7. The molecule has 0 fully saturated rings. The Hall–Kier alpha value is -3.48. The largest absolute Gasteiger partial charge is 0.293 e. The van der Waals surface area contributed by atoms with Crippen LogP contribution in [0.5, 0.6) is 0 Å². The molecule has 0 aliphatic rings. The maximum atomic E-state index is 13.5. The van der Waals surface area contributed by atoms with E-state index in [1.807, 2.05) is 84.9 Å². The van der Waals surface area contributed by atoms with Crippen molar-refractivity contribution in [1.29, 1.82) is 0 Å². The van der Waals surface area contributed by atoms with E-state index in [2.05, 4.69) is 0 Å². The monoisotopic (exact) mass is 454 g/mol. The molecule has 0 amide bonds. The third-order valence-electron chi connectivity index (χ3n) is 5.04. The minimum Gasteiger partial charge on any atom is -0.293 e. The van der Waals surface area contributed by atoms with Gasteiger partial charge in [-0.05, 0) is 23.8 Å². The molecule has 3 aromatic carbocycles. The minimum atomic E-state index is -0.130. The quantitative estimate of drug-likeness (QED) is 0.177. The number of thiophene rings is 1. The molecule has 156 valence electrons. The number of carbonyl (C=O) groups excluding carboxylic acids is 1. The van der Waals surface area contributed by atoms with Gasteiger partial charge in [0.1, 0.15) is 4.83 Å². The molecule has 0 radical (unpaired) electrons. The number of thioether (sulfide) groups is 1. The highest BCUT2D eigenvalue weighted by molar-refractivity contribution is 7.99. The second kappa shape index (κ2) is 8.94. The summed E-state index contributed by atoms with van der Waals surface area (Å²) >= 11 is 2.78. The molecule has 0 N–H and O–H groups in total. The summed E-state index contributed by atoms with van der Waals surface area (Å²) in [6, 6.07) is 30.5. The number of carbonyl (C=O) groups is 1. The predicted molar refractivity (Wildman–Crippen MR) is 132 cm³/mol. The first kappa shape index (κ1) is 20.4. The first-order valence-electron chi connectivity index (χ1n) is 10.1. The molecule has 32 heavy (non-hydrogen) atoms. The fourth-order valence-corrected chi connectivity index (χ4v) is 5.43. The number of para-hydroxylation sites is 1. The maximum Gasteiger partial charge on any atom is 0.267 e. The molecule has 5 rings (SSSR count). The smallest absolute Gasteiger partial charge is 0.267 e. The van der Waals surface area contributed by atoms with Crippen LogP contribution >= 0.6 is 23.1 Å². The highest BCUT2D eigenvalue weighted by Gasteiger charge is 2.18. The lowest BCUT2D eigenvalue weighted by molar-refractivity contribution is 0.102. The molecule has 0 unspecified atom stereocenters. The molecular weight excluding hydrogens is 436 g/mol. The third-order valence-corrected chi connectivity index (χ3v) is 7.05. The average Bonchev–Trinajstić information content (AvgIpc) is 3.29. The Morgan fingerprint density at radius 2 is 1.50 bits per heavy atom. The Labute approximate surface area is 193 Å². The minimum absolute atomic E-state index is 0.000659. The zero-order valence-corrected chi connectivity index (χ0v) is 18.6. The molecular formula is C26H18N2O2S2. The van der Waals surface area contributed by atoms with Gasteiger partial charge in [-0.2, -0.15) is 0 Å². The van der Waals surface area contributed by atoms with Crippen LogP contribution in [0.25, 0.3) is 26.3 Å². The van der Waals surface area contributed by atoms with Gasteiger partial charge in [-0.15, -0.1) is 11.3 Å². The van der Waals surface area contributed by atoms with Crippen molar-refractivity contribution >= 4 is 39.1 Å². The average molecular weight is 455 g/mol. The fourth-order valence-electron chi connectivity index (χ4n) is 3.45. The van der Waals surface area contributed by atoms with Gasteiger partial charge in [0.15, 0.2) is 10.9 Å². The molecule has 0 atom stereocenters. The van der Waals surface area contributed by atoms with Crippen molar-refractivity contribution in [3.8, 4) is 16.1 Å². The first-order valence-corrected chi connectivity index (χ1v) is 11.9. The lowest BCUT2D eigenvalue weighted by atomic mass is 10.2. The number of hydrogen-bond acceptors (Lipinski definition) is 5. The van der Waals surface area contributed by atoms with Crippen LogP contribution in [0.1, 0.15) is 10.4 Å². The van der Waals surface area contributed by atoms with Crippen LogP contribution in [0.2, 0.25) is 0 Å². The van der Waals surface area contributed by atoms with E-state index in [0.717, 1.165) is 16.1 Å². The summed E-state index contributed by atoms with van der Waals surface area (Å²) in [5, 5.41) is 1.09. The van der Waals surface area contributed by atoms with E-state index in [-0.39, 0.29) is 17.1 Å². The summed E-state index contributed by atoms with van der Waals surface area (Å²) in [6.45, 7) is 0. The highest BCUT2D eigenvalue weighted by Crippen LogP contribution is 2.32. The van der Waals surface area contributed by atoms with Crippen molar-refractivity contribution in [1.82, 2.24) is 9.55 Å². The van der Waals surface area contributed by atoms with Crippen molar-refractivity contribution in [2.45, 2.75) is 5.16 Å².